The van der Waals surface area contributed by atoms with Crippen LogP contribution in [-0.4, -0.2) is 23.3 Å². The third-order valence-corrected chi connectivity index (χ3v) is 4.18. The molecule has 0 radical (unpaired) electrons. The van der Waals surface area contributed by atoms with Crippen LogP contribution in [0.1, 0.15) is 39.5 Å². The van der Waals surface area contributed by atoms with Gasteiger partial charge in [0.05, 0.1) is 6.04 Å². The molecule has 0 aromatic heterocycles. The van der Waals surface area contributed by atoms with Gasteiger partial charge in [0.15, 0.2) is 5.78 Å². The molecule has 24 heavy (non-hydrogen) atoms. The highest BCUT2D eigenvalue weighted by Gasteiger charge is 2.23. The maximum atomic E-state index is 11.7. The lowest BCUT2D eigenvalue weighted by Gasteiger charge is -2.18. The van der Waals surface area contributed by atoms with E-state index in [4.69, 9.17) is 10.7 Å². The van der Waals surface area contributed by atoms with Crippen LogP contribution < -0.4 is 5.73 Å². The van der Waals surface area contributed by atoms with E-state index in [0.717, 1.165) is 35.3 Å². The summed E-state index contributed by atoms with van der Waals surface area (Å²) in [5, 5.41) is 0. The topological polar surface area (TPSA) is 72.5 Å². The van der Waals surface area contributed by atoms with Gasteiger partial charge in [-0.2, -0.15) is 0 Å². The fraction of sp³-hybridized carbons (Fsp3) is 0.350. The van der Waals surface area contributed by atoms with Crippen molar-refractivity contribution in [3.8, 4) is 0 Å². The summed E-state index contributed by atoms with van der Waals surface area (Å²) in [5.41, 5.74) is 10.3. The molecule has 0 atom stereocenters. The van der Waals surface area contributed by atoms with Crippen LogP contribution in [-0.2, 0) is 9.59 Å². The van der Waals surface area contributed by atoms with Crippen LogP contribution in [0.5, 0.6) is 0 Å². The molecular formula is C20H24N2O2. The average Bonchev–Trinajstić information content (AvgIpc) is 3.39. The van der Waals surface area contributed by atoms with Crippen molar-refractivity contribution < 1.29 is 9.59 Å². The fourth-order valence-corrected chi connectivity index (χ4v) is 2.52. The number of nitrogens with zero attached hydrogens (tertiary/aromatic N) is 1. The van der Waals surface area contributed by atoms with Crippen molar-refractivity contribution in [1.82, 2.24) is 0 Å². The Morgan fingerprint density at radius 1 is 1.25 bits per heavy atom. The first-order chi connectivity index (χ1) is 11.5. The van der Waals surface area contributed by atoms with Crippen molar-refractivity contribution in [2.75, 3.05) is 0 Å². The average molecular weight is 324 g/mol. The Morgan fingerprint density at radius 3 is 2.50 bits per heavy atom. The first-order valence-corrected chi connectivity index (χ1v) is 8.22. The van der Waals surface area contributed by atoms with Gasteiger partial charge in [-0.15, -0.1) is 0 Å². The van der Waals surface area contributed by atoms with Crippen LogP contribution in [0.3, 0.4) is 0 Å². The number of carbonyl (C=O) groups excluding carboxylic acids is 2. The van der Waals surface area contributed by atoms with Crippen molar-refractivity contribution in [3.05, 3.63) is 59.4 Å². The molecule has 2 N–H and O–H groups in total. The summed E-state index contributed by atoms with van der Waals surface area (Å²) in [4.78, 5) is 27.7. The predicted molar refractivity (Wildman–Crippen MR) is 97.8 cm³/mol. The lowest BCUT2D eigenvalue weighted by Crippen LogP contribution is -2.12. The summed E-state index contributed by atoms with van der Waals surface area (Å²) in [6.45, 7) is 6.84. The quantitative estimate of drug-likeness (QED) is 0.462. The number of hydrogen-bond donors (Lipinski definition) is 1. The minimum atomic E-state index is -0.520. The van der Waals surface area contributed by atoms with Gasteiger partial charge < -0.3 is 5.73 Å². The number of allylic oxidation sites excluding steroid dienone is 8. The molecule has 2 aliphatic rings. The smallest absolute Gasteiger partial charge is 0.228 e. The van der Waals surface area contributed by atoms with E-state index < -0.39 is 11.6 Å². The molecule has 4 nitrogen and oxygen atoms in total. The Labute approximate surface area is 143 Å². The van der Waals surface area contributed by atoms with Crippen LogP contribution in [0.4, 0.5) is 0 Å². The Hall–Kier alpha value is -2.49. The zero-order chi connectivity index (χ0) is 17.7. The van der Waals surface area contributed by atoms with Gasteiger partial charge in [-0.25, -0.2) is 0 Å². The Balaban J connectivity index is 2.21. The largest absolute Gasteiger partial charge is 0.404 e. The van der Waals surface area contributed by atoms with Crippen molar-refractivity contribution in [2.45, 2.75) is 45.6 Å². The Morgan fingerprint density at radius 2 is 1.96 bits per heavy atom. The highest BCUT2D eigenvalue weighted by molar-refractivity contribution is 6.43. The lowest BCUT2D eigenvalue weighted by molar-refractivity contribution is -0.132. The number of Topliss-reactive ketones (excluding diaryl/α,β-unsaturated/α-hetero) is 2. The predicted octanol–water partition coefficient (Wildman–Crippen LogP) is 3.37. The normalized spacial score (nSPS) is 22.5. The zero-order valence-electron chi connectivity index (χ0n) is 14.3. The van der Waals surface area contributed by atoms with Crippen LogP contribution in [0.15, 0.2) is 64.4 Å². The standard InChI is InChI=1S/C20H24N2O2/c1-4-15(20(24)14(3)23)6-5-13(2)16-7-10-19(17(11-16)12-21)22-18-8-9-18/h4-6,11-12,18H,1,7-10,21H2,2-3H3/b13-5+,15-6+,17-12?,22-19?. The molecule has 0 bridgehead atoms. The van der Waals surface area contributed by atoms with Crippen LogP contribution in [0, 0.1) is 0 Å². The third-order valence-electron chi connectivity index (χ3n) is 4.18. The molecule has 2 aliphatic carbocycles. The number of ketones is 2. The maximum absolute atomic E-state index is 11.7. The summed E-state index contributed by atoms with van der Waals surface area (Å²) in [7, 11) is 0. The van der Waals surface area contributed by atoms with E-state index in [1.807, 2.05) is 13.0 Å². The molecule has 1 fully saturated rings. The van der Waals surface area contributed by atoms with Gasteiger partial charge in [0, 0.05) is 30.0 Å². The Bertz CT molecular complexity index is 714. The molecule has 1 saturated carbocycles. The molecule has 0 amide bonds. The summed E-state index contributed by atoms with van der Waals surface area (Å²) < 4.78 is 0. The minimum Gasteiger partial charge on any atom is -0.404 e. The van der Waals surface area contributed by atoms with Crippen molar-refractivity contribution in [2.24, 2.45) is 10.7 Å². The van der Waals surface area contributed by atoms with Crippen LogP contribution >= 0.6 is 0 Å². The molecule has 2 rings (SSSR count). The van der Waals surface area contributed by atoms with Gasteiger partial charge in [-0.3, -0.25) is 14.6 Å². The molecule has 0 aromatic carbocycles. The monoisotopic (exact) mass is 324 g/mol. The zero-order valence-corrected chi connectivity index (χ0v) is 14.3. The highest BCUT2D eigenvalue weighted by atomic mass is 16.2. The molecule has 0 unspecified atom stereocenters. The minimum absolute atomic E-state index is 0.309. The van der Waals surface area contributed by atoms with Gasteiger partial charge in [-0.05, 0) is 49.8 Å². The summed E-state index contributed by atoms with van der Waals surface area (Å²) in [6, 6.07) is 0.484. The van der Waals surface area contributed by atoms with Gasteiger partial charge in [0.2, 0.25) is 5.78 Å². The van der Waals surface area contributed by atoms with E-state index in [0.29, 0.717) is 11.6 Å². The highest BCUT2D eigenvalue weighted by Crippen LogP contribution is 2.30. The number of hydrogen-bond acceptors (Lipinski definition) is 4. The number of nitrogens with two attached hydrogens (primary N) is 1. The molecule has 0 aromatic rings. The SMILES string of the molecule is C=C/C(=C\C=C(/C)C1=CC(=CN)C(=NC2CC2)CC1)C(=O)C(C)=O. The molecule has 0 spiro atoms. The van der Waals surface area contributed by atoms with Gasteiger partial charge in [-0.1, -0.05) is 24.8 Å². The summed E-state index contributed by atoms with van der Waals surface area (Å²) in [6.07, 6.45) is 12.7. The second kappa shape index (κ2) is 7.86. The van der Waals surface area contributed by atoms with Crippen molar-refractivity contribution in [1.29, 1.82) is 0 Å². The second-order valence-electron chi connectivity index (χ2n) is 6.16. The van der Waals surface area contributed by atoms with E-state index in [9.17, 15) is 9.59 Å². The molecule has 0 aliphatic heterocycles. The van der Waals surface area contributed by atoms with E-state index in [1.54, 1.807) is 12.3 Å². The van der Waals surface area contributed by atoms with E-state index in [1.165, 1.54) is 25.8 Å². The number of rotatable bonds is 6. The third kappa shape index (κ3) is 4.51. The van der Waals surface area contributed by atoms with Crippen molar-refractivity contribution >= 4 is 17.3 Å². The molecule has 4 heteroatoms. The molecule has 0 saturated heterocycles. The van der Waals surface area contributed by atoms with Crippen molar-refractivity contribution in [3.63, 3.8) is 0 Å². The van der Waals surface area contributed by atoms with Gasteiger partial charge in [0.1, 0.15) is 0 Å². The van der Waals surface area contributed by atoms with E-state index in [2.05, 4.69) is 12.7 Å². The Kier molecular flexibility index (Phi) is 5.85. The van der Waals surface area contributed by atoms with Crippen LogP contribution in [0.2, 0.25) is 0 Å². The molecule has 0 heterocycles. The maximum Gasteiger partial charge on any atom is 0.228 e. The van der Waals surface area contributed by atoms with Crippen LogP contribution in [0.25, 0.3) is 0 Å². The first-order valence-electron chi connectivity index (χ1n) is 8.22. The summed E-state index contributed by atoms with van der Waals surface area (Å²) in [5.74, 6) is -1.01. The lowest BCUT2D eigenvalue weighted by atomic mass is 9.89. The van der Waals surface area contributed by atoms with E-state index >= 15 is 0 Å². The molecular weight excluding hydrogens is 300 g/mol. The summed E-state index contributed by atoms with van der Waals surface area (Å²) >= 11 is 0. The van der Waals surface area contributed by atoms with Gasteiger partial charge in [0.25, 0.3) is 0 Å². The number of carbonyl (C=O) groups is 2. The van der Waals surface area contributed by atoms with Gasteiger partial charge >= 0.3 is 0 Å². The fourth-order valence-electron chi connectivity index (χ4n) is 2.52. The molecule has 126 valence electrons. The number of aliphatic imine (C=N–C) groups is 1. The van der Waals surface area contributed by atoms with E-state index in [-0.39, 0.29) is 0 Å². The second-order valence-corrected chi connectivity index (χ2v) is 6.16. The first kappa shape index (κ1) is 17.9.